The van der Waals surface area contributed by atoms with E-state index in [0.29, 0.717) is 0 Å². The molecule has 2 rings (SSSR count). The van der Waals surface area contributed by atoms with Crippen molar-refractivity contribution in [2.24, 2.45) is 0 Å². The highest BCUT2D eigenvalue weighted by Crippen LogP contribution is 2.23. The molecule has 0 atom stereocenters. The largest absolute Gasteiger partial charge is 0.494 e. The molecule has 0 saturated heterocycles. The minimum Gasteiger partial charge on any atom is -0.494 e. The zero-order valence-corrected chi connectivity index (χ0v) is 9.33. The van der Waals surface area contributed by atoms with E-state index in [1.807, 2.05) is 0 Å². The first-order valence-corrected chi connectivity index (χ1v) is 5.82. The maximum Gasteiger partial charge on any atom is 0.119 e. The Morgan fingerprint density at radius 3 is 3.13 bits per heavy atom. The van der Waals surface area contributed by atoms with Gasteiger partial charge >= 0.3 is 0 Å². The van der Waals surface area contributed by atoms with E-state index in [1.54, 1.807) is 0 Å². The first kappa shape index (κ1) is 10.3. The highest BCUT2D eigenvalue weighted by Gasteiger charge is 2.04. The highest BCUT2D eigenvalue weighted by molar-refractivity contribution is 5.56. The van der Waals surface area contributed by atoms with Gasteiger partial charge < -0.3 is 4.74 Å². The molecule has 0 saturated carbocycles. The van der Waals surface area contributed by atoms with E-state index in [1.165, 1.54) is 30.4 Å². The molecule has 1 nitrogen and oxygen atoms in total. The second kappa shape index (κ2) is 5.01. The van der Waals surface area contributed by atoms with Crippen LogP contribution in [0.1, 0.15) is 37.3 Å². The third-order valence-electron chi connectivity index (χ3n) is 2.70. The van der Waals surface area contributed by atoms with Crippen LogP contribution in [0.5, 0.6) is 5.75 Å². The summed E-state index contributed by atoms with van der Waals surface area (Å²) < 4.78 is 5.64. The van der Waals surface area contributed by atoms with Crippen LogP contribution in [0.15, 0.2) is 24.3 Å². The number of rotatable bonds is 3. The molecule has 80 valence electrons. The second-order valence-corrected chi connectivity index (χ2v) is 4.00. The topological polar surface area (TPSA) is 9.23 Å². The predicted molar refractivity (Wildman–Crippen MR) is 64.2 cm³/mol. The van der Waals surface area contributed by atoms with Crippen LogP contribution in [-0.2, 0) is 6.42 Å². The summed E-state index contributed by atoms with van der Waals surface area (Å²) >= 11 is 0. The van der Waals surface area contributed by atoms with Gasteiger partial charge in [-0.2, -0.15) is 0 Å². The maximum atomic E-state index is 5.64. The predicted octanol–water partition coefficient (Wildman–Crippen LogP) is 3.82. The zero-order chi connectivity index (χ0) is 10.5. The molecule has 0 aromatic heterocycles. The lowest BCUT2D eigenvalue weighted by atomic mass is 10.0. The van der Waals surface area contributed by atoms with E-state index in [4.69, 9.17) is 4.74 Å². The van der Waals surface area contributed by atoms with Gasteiger partial charge in [-0.15, -0.1) is 0 Å². The van der Waals surface area contributed by atoms with Crippen molar-refractivity contribution in [2.45, 2.75) is 32.6 Å². The summed E-state index contributed by atoms with van der Waals surface area (Å²) in [7, 11) is 0. The van der Waals surface area contributed by atoms with E-state index in [2.05, 4.69) is 37.3 Å². The van der Waals surface area contributed by atoms with Crippen LogP contribution in [0.4, 0.5) is 0 Å². The number of benzene rings is 1. The van der Waals surface area contributed by atoms with Gasteiger partial charge in [0.05, 0.1) is 6.61 Å². The van der Waals surface area contributed by atoms with Crippen LogP contribution < -0.4 is 4.74 Å². The van der Waals surface area contributed by atoms with Gasteiger partial charge in [-0.05, 0) is 48.9 Å². The van der Waals surface area contributed by atoms with Crippen LogP contribution in [0.3, 0.4) is 0 Å². The molecule has 0 N–H and O–H groups in total. The van der Waals surface area contributed by atoms with Gasteiger partial charge in [0.15, 0.2) is 0 Å². The van der Waals surface area contributed by atoms with Gasteiger partial charge in [0.2, 0.25) is 0 Å². The molecule has 0 bridgehead atoms. The van der Waals surface area contributed by atoms with Gasteiger partial charge in [0, 0.05) is 0 Å². The quantitative estimate of drug-likeness (QED) is 0.724. The molecule has 0 fully saturated rings. The van der Waals surface area contributed by atoms with Gasteiger partial charge in [0.25, 0.3) is 0 Å². The lowest BCUT2D eigenvalue weighted by Gasteiger charge is -2.08. The fraction of sp³-hybridized carbons (Fsp3) is 0.429. The molecular formula is C14H18O. The number of hydrogen-bond acceptors (Lipinski definition) is 1. The van der Waals surface area contributed by atoms with Crippen LogP contribution in [-0.4, -0.2) is 6.61 Å². The normalized spacial score (nSPS) is 14.5. The Labute approximate surface area is 91.8 Å². The van der Waals surface area contributed by atoms with Crippen molar-refractivity contribution in [3.8, 4) is 5.75 Å². The summed E-state index contributed by atoms with van der Waals surface area (Å²) in [6.07, 6.45) is 9.17. The van der Waals surface area contributed by atoms with Crippen LogP contribution in [0.25, 0.3) is 6.08 Å². The van der Waals surface area contributed by atoms with Crippen LogP contribution in [0.2, 0.25) is 0 Å². The summed E-state index contributed by atoms with van der Waals surface area (Å²) in [5, 5.41) is 0. The molecular weight excluding hydrogens is 184 g/mol. The minimum absolute atomic E-state index is 0.814. The number of allylic oxidation sites excluding steroid dienone is 1. The Morgan fingerprint density at radius 2 is 2.27 bits per heavy atom. The second-order valence-electron chi connectivity index (χ2n) is 4.00. The van der Waals surface area contributed by atoms with Gasteiger partial charge in [-0.3, -0.25) is 0 Å². The fourth-order valence-electron chi connectivity index (χ4n) is 1.89. The van der Waals surface area contributed by atoms with Crippen LogP contribution >= 0.6 is 0 Å². The molecule has 0 spiro atoms. The van der Waals surface area contributed by atoms with E-state index >= 15 is 0 Å². The summed E-state index contributed by atoms with van der Waals surface area (Å²) in [6.45, 7) is 2.95. The summed E-state index contributed by atoms with van der Waals surface area (Å²) in [5.74, 6) is 1.02. The Kier molecular flexibility index (Phi) is 3.44. The average Bonchev–Trinajstić information content (AvgIpc) is 2.50. The number of fused-ring (bicyclic) bond motifs is 1. The van der Waals surface area contributed by atoms with E-state index in [9.17, 15) is 0 Å². The van der Waals surface area contributed by atoms with Crippen molar-refractivity contribution in [3.05, 3.63) is 35.4 Å². The molecule has 0 amide bonds. The first-order valence-electron chi connectivity index (χ1n) is 5.82. The smallest absolute Gasteiger partial charge is 0.119 e. The Hall–Kier alpha value is -1.24. The Morgan fingerprint density at radius 1 is 1.33 bits per heavy atom. The molecule has 1 aromatic rings. The number of hydrogen-bond donors (Lipinski definition) is 0. The lowest BCUT2D eigenvalue weighted by Crippen LogP contribution is -1.96. The van der Waals surface area contributed by atoms with Crippen molar-refractivity contribution < 1.29 is 4.74 Å². The molecule has 0 unspecified atom stereocenters. The van der Waals surface area contributed by atoms with E-state index in [0.717, 1.165) is 18.8 Å². The molecule has 1 aromatic carbocycles. The molecule has 1 aliphatic rings. The van der Waals surface area contributed by atoms with Crippen molar-refractivity contribution in [1.82, 2.24) is 0 Å². The first-order chi connectivity index (χ1) is 7.40. The number of ether oxygens (including phenoxy) is 1. The molecule has 1 heteroatoms. The molecule has 0 heterocycles. The molecule has 15 heavy (non-hydrogen) atoms. The third kappa shape index (κ3) is 2.62. The number of aryl methyl sites for hydroxylation is 1. The Balaban J connectivity index is 2.18. The SMILES string of the molecule is CCCOc1ccc2c(c1)CCCC=C2. The van der Waals surface area contributed by atoms with Gasteiger partial charge in [0.1, 0.15) is 5.75 Å². The van der Waals surface area contributed by atoms with Gasteiger partial charge in [-0.25, -0.2) is 0 Å². The monoisotopic (exact) mass is 202 g/mol. The van der Waals surface area contributed by atoms with Crippen molar-refractivity contribution >= 4 is 6.08 Å². The van der Waals surface area contributed by atoms with E-state index < -0.39 is 0 Å². The minimum atomic E-state index is 0.814. The highest BCUT2D eigenvalue weighted by atomic mass is 16.5. The maximum absolute atomic E-state index is 5.64. The van der Waals surface area contributed by atoms with Gasteiger partial charge in [-0.1, -0.05) is 25.1 Å². The third-order valence-corrected chi connectivity index (χ3v) is 2.70. The van der Waals surface area contributed by atoms with E-state index in [-0.39, 0.29) is 0 Å². The van der Waals surface area contributed by atoms with Crippen molar-refractivity contribution in [3.63, 3.8) is 0 Å². The van der Waals surface area contributed by atoms with Crippen molar-refractivity contribution in [1.29, 1.82) is 0 Å². The molecule has 0 radical (unpaired) electrons. The lowest BCUT2D eigenvalue weighted by molar-refractivity contribution is 0.317. The fourth-order valence-corrected chi connectivity index (χ4v) is 1.89. The molecule has 1 aliphatic carbocycles. The Bertz CT molecular complexity index is 352. The van der Waals surface area contributed by atoms with Crippen LogP contribution in [0, 0.1) is 0 Å². The summed E-state index contributed by atoms with van der Waals surface area (Å²) in [5.41, 5.74) is 2.79. The molecule has 0 aliphatic heterocycles. The van der Waals surface area contributed by atoms with Crippen molar-refractivity contribution in [2.75, 3.05) is 6.61 Å². The zero-order valence-electron chi connectivity index (χ0n) is 9.33. The summed E-state index contributed by atoms with van der Waals surface area (Å²) in [4.78, 5) is 0. The average molecular weight is 202 g/mol. The standard InChI is InChI=1S/C14H18O/c1-2-10-15-14-9-8-12-6-4-3-5-7-13(12)11-14/h4,6,8-9,11H,2-3,5,7,10H2,1H3. The summed E-state index contributed by atoms with van der Waals surface area (Å²) in [6, 6.07) is 6.44.